The highest BCUT2D eigenvalue weighted by Gasteiger charge is 2.08. The molecule has 1 atom stereocenters. The maximum absolute atomic E-state index is 11.7. The second kappa shape index (κ2) is 15.8. The number of carbonyl (C=O) groups excluding carboxylic acids is 1. The summed E-state index contributed by atoms with van der Waals surface area (Å²) < 4.78 is 5.41. The summed E-state index contributed by atoms with van der Waals surface area (Å²) in [5.74, 6) is -0.0357. The van der Waals surface area contributed by atoms with Crippen molar-refractivity contribution in [3.8, 4) is 0 Å². The van der Waals surface area contributed by atoms with Crippen LogP contribution in [0.25, 0.3) is 0 Å². The smallest absolute Gasteiger partial charge is 0.306 e. The molecule has 1 N–H and O–H groups in total. The van der Waals surface area contributed by atoms with E-state index in [4.69, 9.17) is 9.84 Å². The molecule has 0 aromatic carbocycles. The topological polar surface area (TPSA) is 46.5 Å². The molecule has 126 valence electrons. The summed E-state index contributed by atoms with van der Waals surface area (Å²) >= 11 is 0. The van der Waals surface area contributed by atoms with Crippen LogP contribution in [0.2, 0.25) is 0 Å². The number of carbonyl (C=O) groups is 1. The molecule has 0 rings (SSSR count). The molecular weight excluding hydrogens is 264 g/mol. The van der Waals surface area contributed by atoms with E-state index < -0.39 is 0 Å². The zero-order valence-electron chi connectivity index (χ0n) is 14.2. The first kappa shape index (κ1) is 20.4. The minimum atomic E-state index is -0.0357. The van der Waals surface area contributed by atoms with Gasteiger partial charge in [0.25, 0.3) is 0 Å². The molecule has 0 saturated heterocycles. The molecule has 0 amide bonds. The predicted molar refractivity (Wildman–Crippen MR) is 88.3 cm³/mol. The second-order valence-corrected chi connectivity index (χ2v) is 6.10. The number of esters is 1. The van der Waals surface area contributed by atoms with Crippen LogP contribution in [0.3, 0.4) is 0 Å². The Bertz CT molecular complexity index is 229. The van der Waals surface area contributed by atoms with Gasteiger partial charge < -0.3 is 9.84 Å². The van der Waals surface area contributed by atoms with Crippen LogP contribution in [0, 0.1) is 0 Å². The first-order valence-electron chi connectivity index (χ1n) is 9.01. The molecule has 21 heavy (non-hydrogen) atoms. The van der Waals surface area contributed by atoms with E-state index in [2.05, 4.69) is 6.92 Å². The third-order valence-electron chi connectivity index (χ3n) is 3.84. The van der Waals surface area contributed by atoms with Crippen molar-refractivity contribution in [3.63, 3.8) is 0 Å². The average molecular weight is 300 g/mol. The van der Waals surface area contributed by atoms with E-state index in [1.807, 2.05) is 6.92 Å². The van der Waals surface area contributed by atoms with E-state index in [0.717, 1.165) is 44.9 Å². The predicted octanol–water partition coefficient (Wildman–Crippen LogP) is 5.00. The van der Waals surface area contributed by atoms with Crippen molar-refractivity contribution in [2.75, 3.05) is 6.61 Å². The van der Waals surface area contributed by atoms with Crippen LogP contribution in [0.5, 0.6) is 0 Å². The van der Waals surface area contributed by atoms with E-state index in [0.29, 0.717) is 6.42 Å². The minimum Gasteiger partial charge on any atom is -0.463 e. The zero-order valence-corrected chi connectivity index (χ0v) is 14.2. The standard InChI is InChI=1S/C18H36O3/c1-3-4-5-6-7-8-12-15-18(20)21-17(2)14-11-9-10-13-16-19/h17,19H,3-16H2,1-2H3. The molecule has 0 spiro atoms. The van der Waals surface area contributed by atoms with Crippen LogP contribution >= 0.6 is 0 Å². The van der Waals surface area contributed by atoms with Crippen molar-refractivity contribution in [2.24, 2.45) is 0 Å². The molecule has 0 radical (unpaired) electrons. The van der Waals surface area contributed by atoms with Crippen molar-refractivity contribution in [1.82, 2.24) is 0 Å². The zero-order chi connectivity index (χ0) is 15.8. The number of rotatable bonds is 15. The molecule has 3 nitrogen and oxygen atoms in total. The number of hydrogen-bond acceptors (Lipinski definition) is 3. The van der Waals surface area contributed by atoms with Crippen molar-refractivity contribution in [1.29, 1.82) is 0 Å². The number of aliphatic hydroxyl groups is 1. The van der Waals surface area contributed by atoms with E-state index >= 15 is 0 Å². The van der Waals surface area contributed by atoms with Crippen LogP contribution in [-0.4, -0.2) is 23.8 Å². The fourth-order valence-electron chi connectivity index (χ4n) is 2.47. The van der Waals surface area contributed by atoms with Crippen molar-refractivity contribution in [2.45, 2.75) is 103 Å². The van der Waals surface area contributed by atoms with Gasteiger partial charge in [0.1, 0.15) is 0 Å². The van der Waals surface area contributed by atoms with Gasteiger partial charge in [0.15, 0.2) is 0 Å². The summed E-state index contributed by atoms with van der Waals surface area (Å²) in [5.41, 5.74) is 0. The molecule has 0 aromatic rings. The summed E-state index contributed by atoms with van der Waals surface area (Å²) in [6.45, 7) is 4.49. The summed E-state index contributed by atoms with van der Waals surface area (Å²) in [7, 11) is 0. The quantitative estimate of drug-likeness (QED) is 0.342. The normalized spacial score (nSPS) is 12.3. The third kappa shape index (κ3) is 15.6. The van der Waals surface area contributed by atoms with Crippen LogP contribution in [-0.2, 0) is 9.53 Å². The highest BCUT2D eigenvalue weighted by atomic mass is 16.5. The third-order valence-corrected chi connectivity index (χ3v) is 3.84. The SMILES string of the molecule is CCCCCCCCCC(=O)OC(C)CCCCCCO. The lowest BCUT2D eigenvalue weighted by atomic mass is 10.1. The van der Waals surface area contributed by atoms with Crippen molar-refractivity contribution >= 4 is 5.97 Å². The number of unbranched alkanes of at least 4 members (excludes halogenated alkanes) is 9. The van der Waals surface area contributed by atoms with Crippen LogP contribution in [0.4, 0.5) is 0 Å². The molecule has 0 saturated carbocycles. The molecule has 0 bridgehead atoms. The Morgan fingerprint density at radius 1 is 0.905 bits per heavy atom. The molecule has 1 unspecified atom stereocenters. The summed E-state index contributed by atoms with van der Waals surface area (Å²) in [5, 5.41) is 8.69. The fourth-order valence-corrected chi connectivity index (χ4v) is 2.47. The lowest BCUT2D eigenvalue weighted by Gasteiger charge is -2.13. The van der Waals surface area contributed by atoms with Gasteiger partial charge in [0, 0.05) is 13.0 Å². The largest absolute Gasteiger partial charge is 0.463 e. The Balaban J connectivity index is 3.35. The van der Waals surface area contributed by atoms with Crippen molar-refractivity contribution < 1.29 is 14.6 Å². The Morgan fingerprint density at radius 2 is 1.48 bits per heavy atom. The van der Waals surface area contributed by atoms with E-state index in [1.165, 1.54) is 32.1 Å². The van der Waals surface area contributed by atoms with E-state index in [1.54, 1.807) is 0 Å². The Hall–Kier alpha value is -0.570. The molecule has 0 aliphatic heterocycles. The number of aliphatic hydroxyl groups excluding tert-OH is 1. The van der Waals surface area contributed by atoms with Crippen molar-refractivity contribution in [3.05, 3.63) is 0 Å². The monoisotopic (exact) mass is 300 g/mol. The Kier molecular flexibility index (Phi) is 15.4. The van der Waals surface area contributed by atoms with Crippen LogP contribution < -0.4 is 0 Å². The van der Waals surface area contributed by atoms with Gasteiger partial charge in [-0.05, 0) is 32.6 Å². The molecule has 3 heteroatoms. The van der Waals surface area contributed by atoms with Crippen LogP contribution in [0.15, 0.2) is 0 Å². The van der Waals surface area contributed by atoms with E-state index in [-0.39, 0.29) is 18.7 Å². The molecule has 0 aliphatic rings. The van der Waals surface area contributed by atoms with E-state index in [9.17, 15) is 4.79 Å². The fraction of sp³-hybridized carbons (Fsp3) is 0.944. The second-order valence-electron chi connectivity index (χ2n) is 6.10. The first-order chi connectivity index (χ1) is 10.2. The number of hydrogen-bond donors (Lipinski definition) is 1. The van der Waals surface area contributed by atoms with Gasteiger partial charge in [-0.1, -0.05) is 58.3 Å². The van der Waals surface area contributed by atoms with Gasteiger partial charge in [-0.15, -0.1) is 0 Å². The molecule has 0 aliphatic carbocycles. The van der Waals surface area contributed by atoms with Gasteiger partial charge in [0.2, 0.25) is 0 Å². The van der Waals surface area contributed by atoms with Gasteiger partial charge in [-0.25, -0.2) is 0 Å². The van der Waals surface area contributed by atoms with Gasteiger partial charge >= 0.3 is 5.97 Å². The Labute approximate surface area is 131 Å². The number of ether oxygens (including phenoxy) is 1. The van der Waals surface area contributed by atoms with Gasteiger partial charge in [-0.3, -0.25) is 4.79 Å². The molecule has 0 aromatic heterocycles. The summed E-state index contributed by atoms with van der Waals surface area (Å²) in [6.07, 6.45) is 14.3. The maximum Gasteiger partial charge on any atom is 0.306 e. The summed E-state index contributed by atoms with van der Waals surface area (Å²) in [4.78, 5) is 11.7. The van der Waals surface area contributed by atoms with Gasteiger partial charge in [-0.2, -0.15) is 0 Å². The Morgan fingerprint density at radius 3 is 2.14 bits per heavy atom. The average Bonchev–Trinajstić information content (AvgIpc) is 2.46. The first-order valence-corrected chi connectivity index (χ1v) is 9.01. The molecular formula is C18H36O3. The highest BCUT2D eigenvalue weighted by molar-refractivity contribution is 5.69. The van der Waals surface area contributed by atoms with Gasteiger partial charge in [0.05, 0.1) is 6.10 Å². The molecule has 0 fully saturated rings. The van der Waals surface area contributed by atoms with Crippen LogP contribution in [0.1, 0.15) is 97.3 Å². The summed E-state index contributed by atoms with van der Waals surface area (Å²) in [6, 6.07) is 0. The maximum atomic E-state index is 11.7. The highest BCUT2D eigenvalue weighted by Crippen LogP contribution is 2.11. The molecule has 0 heterocycles. The minimum absolute atomic E-state index is 0.0357. The lowest BCUT2D eigenvalue weighted by molar-refractivity contribution is -0.148. The lowest BCUT2D eigenvalue weighted by Crippen LogP contribution is -2.14.